The lowest BCUT2D eigenvalue weighted by molar-refractivity contribution is -0.125. The van der Waals surface area contributed by atoms with Crippen LogP contribution in [-0.4, -0.2) is 69.9 Å². The van der Waals surface area contributed by atoms with Crippen molar-refractivity contribution in [1.82, 2.24) is 14.5 Å². The summed E-state index contributed by atoms with van der Waals surface area (Å²) in [6.45, 7) is 3.66. The molecule has 1 aliphatic carbocycles. The van der Waals surface area contributed by atoms with Crippen molar-refractivity contribution >= 4 is 15.9 Å². The maximum absolute atomic E-state index is 12.8. The minimum Gasteiger partial charge on any atom is -0.497 e. The number of nitrogens with one attached hydrogen (secondary N) is 1. The van der Waals surface area contributed by atoms with Gasteiger partial charge in [0, 0.05) is 45.2 Å². The van der Waals surface area contributed by atoms with Crippen LogP contribution in [0.3, 0.4) is 0 Å². The lowest BCUT2D eigenvalue weighted by Crippen LogP contribution is -2.50. The van der Waals surface area contributed by atoms with Gasteiger partial charge in [-0.2, -0.15) is 4.31 Å². The Hall–Kier alpha value is -1.64. The van der Waals surface area contributed by atoms with E-state index in [0.29, 0.717) is 43.4 Å². The number of carbonyl (C=O) groups is 1. The summed E-state index contributed by atoms with van der Waals surface area (Å²) in [5, 5.41) is 3.05. The van der Waals surface area contributed by atoms with E-state index < -0.39 is 10.0 Å². The predicted molar refractivity (Wildman–Crippen MR) is 108 cm³/mol. The van der Waals surface area contributed by atoms with Crippen LogP contribution < -0.4 is 10.1 Å². The summed E-state index contributed by atoms with van der Waals surface area (Å²) in [6, 6.07) is 6.50. The number of ether oxygens (including phenoxy) is 1. The number of hydrogen-bond donors (Lipinski definition) is 1. The monoisotopic (exact) mass is 409 g/mol. The fourth-order valence-electron chi connectivity index (χ4n) is 3.94. The molecule has 28 heavy (non-hydrogen) atoms. The van der Waals surface area contributed by atoms with Gasteiger partial charge in [0.2, 0.25) is 15.9 Å². The van der Waals surface area contributed by atoms with Gasteiger partial charge < -0.3 is 10.1 Å². The molecule has 0 aromatic heterocycles. The highest BCUT2D eigenvalue weighted by atomic mass is 32.2. The maximum atomic E-state index is 12.8. The third-order valence-electron chi connectivity index (χ3n) is 5.73. The summed E-state index contributed by atoms with van der Waals surface area (Å²) in [7, 11) is -1.92. The van der Waals surface area contributed by atoms with E-state index in [1.165, 1.54) is 10.7 Å². The molecule has 7 nitrogen and oxygen atoms in total. The van der Waals surface area contributed by atoms with E-state index in [1.807, 2.05) is 0 Å². The summed E-state index contributed by atoms with van der Waals surface area (Å²) in [5.41, 5.74) is 0. The summed E-state index contributed by atoms with van der Waals surface area (Å²) in [4.78, 5) is 14.7. The van der Waals surface area contributed by atoms with E-state index >= 15 is 0 Å². The van der Waals surface area contributed by atoms with E-state index in [-0.39, 0.29) is 11.8 Å². The smallest absolute Gasteiger partial charge is 0.243 e. The topological polar surface area (TPSA) is 79.0 Å². The van der Waals surface area contributed by atoms with Crippen LogP contribution in [0.25, 0.3) is 0 Å². The van der Waals surface area contributed by atoms with Gasteiger partial charge in [-0.15, -0.1) is 0 Å². The van der Waals surface area contributed by atoms with Gasteiger partial charge >= 0.3 is 0 Å². The highest BCUT2D eigenvalue weighted by molar-refractivity contribution is 7.89. The fourth-order valence-corrected chi connectivity index (χ4v) is 5.36. The zero-order valence-corrected chi connectivity index (χ0v) is 17.4. The zero-order valence-electron chi connectivity index (χ0n) is 16.6. The van der Waals surface area contributed by atoms with E-state index in [4.69, 9.17) is 4.74 Å². The van der Waals surface area contributed by atoms with E-state index in [0.717, 1.165) is 32.2 Å². The lowest BCUT2D eigenvalue weighted by atomic mass is 9.89. The second-order valence-corrected chi connectivity index (χ2v) is 9.49. The predicted octanol–water partition coefficient (Wildman–Crippen LogP) is 1.70. The first-order valence-corrected chi connectivity index (χ1v) is 11.6. The molecule has 0 spiro atoms. The van der Waals surface area contributed by atoms with Crippen LogP contribution in [0, 0.1) is 5.92 Å². The molecule has 1 N–H and O–H groups in total. The first-order chi connectivity index (χ1) is 13.5. The molecule has 1 aromatic rings. The Morgan fingerprint density at radius 3 is 2.32 bits per heavy atom. The van der Waals surface area contributed by atoms with Crippen molar-refractivity contribution in [3.63, 3.8) is 0 Å². The minimum atomic E-state index is -3.48. The molecule has 0 unspecified atom stereocenters. The number of hydrogen-bond acceptors (Lipinski definition) is 5. The van der Waals surface area contributed by atoms with E-state index in [2.05, 4.69) is 10.2 Å². The van der Waals surface area contributed by atoms with Crippen LogP contribution in [0.15, 0.2) is 29.2 Å². The minimum absolute atomic E-state index is 0.181. The molecule has 0 radical (unpaired) electrons. The van der Waals surface area contributed by atoms with Crippen LogP contribution in [0.2, 0.25) is 0 Å². The Balaban J connectivity index is 1.42. The van der Waals surface area contributed by atoms with Crippen LogP contribution in [0.1, 0.15) is 32.1 Å². The van der Waals surface area contributed by atoms with Crippen molar-refractivity contribution in [3.05, 3.63) is 24.3 Å². The molecule has 2 aliphatic rings. The molecule has 1 heterocycles. The Bertz CT molecular complexity index is 737. The standard InChI is InChI=1S/C20H31N3O4S/c1-27-18-7-9-19(10-8-18)28(25,26)23-15-13-22(14-16-23)12-11-21-20(24)17-5-3-2-4-6-17/h7-10,17H,2-6,11-16H2,1H3,(H,21,24). The fraction of sp³-hybridized carbons (Fsp3) is 0.650. The normalized spacial score (nSPS) is 20.0. The van der Waals surface area contributed by atoms with Crippen molar-refractivity contribution in [1.29, 1.82) is 0 Å². The van der Waals surface area contributed by atoms with Gasteiger partial charge in [-0.05, 0) is 37.1 Å². The van der Waals surface area contributed by atoms with Crippen molar-refractivity contribution in [3.8, 4) is 5.75 Å². The molecule has 1 amide bonds. The number of nitrogens with zero attached hydrogens (tertiary/aromatic N) is 2. The highest BCUT2D eigenvalue weighted by Gasteiger charge is 2.28. The van der Waals surface area contributed by atoms with Crippen molar-refractivity contribution in [2.75, 3.05) is 46.4 Å². The first kappa shape index (κ1) is 21.1. The van der Waals surface area contributed by atoms with Gasteiger partial charge in [0.25, 0.3) is 0 Å². The number of piperazine rings is 1. The van der Waals surface area contributed by atoms with Crippen LogP contribution in [-0.2, 0) is 14.8 Å². The van der Waals surface area contributed by atoms with Gasteiger partial charge in [0.1, 0.15) is 5.75 Å². The molecular formula is C20H31N3O4S. The molecule has 0 atom stereocenters. The Labute approximate surface area is 168 Å². The third kappa shape index (κ3) is 5.24. The van der Waals surface area contributed by atoms with Gasteiger partial charge in [0.15, 0.2) is 0 Å². The molecule has 3 rings (SSSR count). The number of methoxy groups -OCH3 is 1. The largest absolute Gasteiger partial charge is 0.497 e. The SMILES string of the molecule is COc1ccc(S(=O)(=O)N2CCN(CCNC(=O)C3CCCCC3)CC2)cc1. The van der Waals surface area contributed by atoms with Gasteiger partial charge in [0.05, 0.1) is 12.0 Å². The molecule has 1 aromatic carbocycles. The average Bonchev–Trinajstić information content (AvgIpc) is 2.74. The third-order valence-corrected chi connectivity index (χ3v) is 7.64. The molecule has 1 aliphatic heterocycles. The summed E-state index contributed by atoms with van der Waals surface area (Å²) in [5.74, 6) is 1.000. The zero-order chi connectivity index (χ0) is 20.0. The van der Waals surface area contributed by atoms with E-state index in [1.54, 1.807) is 31.4 Å². The molecule has 0 bridgehead atoms. The van der Waals surface area contributed by atoms with Crippen LogP contribution >= 0.6 is 0 Å². The van der Waals surface area contributed by atoms with E-state index in [9.17, 15) is 13.2 Å². The maximum Gasteiger partial charge on any atom is 0.243 e. The Morgan fingerprint density at radius 2 is 1.71 bits per heavy atom. The van der Waals surface area contributed by atoms with Gasteiger partial charge in [-0.3, -0.25) is 9.69 Å². The molecule has 1 saturated carbocycles. The van der Waals surface area contributed by atoms with Crippen LogP contribution in [0.4, 0.5) is 0 Å². The van der Waals surface area contributed by atoms with Crippen molar-refractivity contribution in [2.24, 2.45) is 5.92 Å². The summed E-state index contributed by atoms with van der Waals surface area (Å²) < 4.78 is 32.2. The highest BCUT2D eigenvalue weighted by Crippen LogP contribution is 2.23. The van der Waals surface area contributed by atoms with Crippen LogP contribution in [0.5, 0.6) is 5.75 Å². The number of rotatable bonds is 7. The average molecular weight is 410 g/mol. The number of benzene rings is 1. The Kier molecular flexibility index (Phi) is 7.31. The molecular weight excluding hydrogens is 378 g/mol. The first-order valence-electron chi connectivity index (χ1n) is 10.1. The van der Waals surface area contributed by atoms with Gasteiger partial charge in [-0.1, -0.05) is 19.3 Å². The lowest BCUT2D eigenvalue weighted by Gasteiger charge is -2.34. The van der Waals surface area contributed by atoms with Crippen molar-refractivity contribution < 1.29 is 17.9 Å². The Morgan fingerprint density at radius 1 is 1.07 bits per heavy atom. The van der Waals surface area contributed by atoms with Crippen molar-refractivity contribution in [2.45, 2.75) is 37.0 Å². The molecule has 2 fully saturated rings. The number of sulfonamides is 1. The quantitative estimate of drug-likeness (QED) is 0.742. The number of carbonyl (C=O) groups excluding carboxylic acids is 1. The van der Waals surface area contributed by atoms with Gasteiger partial charge in [-0.25, -0.2) is 8.42 Å². The molecule has 8 heteroatoms. The number of amides is 1. The summed E-state index contributed by atoms with van der Waals surface area (Å²) >= 11 is 0. The summed E-state index contributed by atoms with van der Waals surface area (Å²) in [6.07, 6.45) is 5.57. The molecule has 1 saturated heterocycles. The second-order valence-electron chi connectivity index (χ2n) is 7.55. The molecule has 156 valence electrons. The second kappa shape index (κ2) is 9.71.